The molecule has 0 aliphatic carbocycles. The lowest BCUT2D eigenvalue weighted by Gasteiger charge is -2.32. The Bertz CT molecular complexity index is 519. The van der Waals surface area contributed by atoms with Gasteiger partial charge in [0.25, 0.3) is 0 Å². The second kappa shape index (κ2) is 4.62. The number of nitriles is 1. The quantitative estimate of drug-likeness (QED) is 0.759. The van der Waals surface area contributed by atoms with E-state index in [2.05, 4.69) is 18.0 Å². The van der Waals surface area contributed by atoms with E-state index in [0.29, 0.717) is 5.69 Å². The Morgan fingerprint density at radius 1 is 1.26 bits per heavy atom. The molecule has 1 aliphatic heterocycles. The number of hydrogen-bond acceptors (Lipinski definition) is 4. The third-order valence-corrected chi connectivity index (χ3v) is 4.03. The van der Waals surface area contributed by atoms with Gasteiger partial charge in [0.1, 0.15) is 11.8 Å². The van der Waals surface area contributed by atoms with Gasteiger partial charge in [0, 0.05) is 6.20 Å². The molecule has 1 fully saturated rings. The van der Waals surface area contributed by atoms with E-state index in [9.17, 15) is 0 Å². The second-order valence-corrected chi connectivity index (χ2v) is 5.82. The van der Waals surface area contributed by atoms with E-state index >= 15 is 0 Å². The van der Waals surface area contributed by atoms with Crippen LogP contribution in [0.4, 0.5) is 0 Å². The van der Waals surface area contributed by atoms with Gasteiger partial charge in [-0.25, -0.2) is 4.98 Å². The molecule has 2 rings (SSSR count). The van der Waals surface area contributed by atoms with Crippen LogP contribution in [0.3, 0.4) is 0 Å². The predicted octanol–water partition coefficient (Wildman–Crippen LogP) is 1.81. The van der Waals surface area contributed by atoms with Crippen molar-refractivity contribution < 1.29 is 9.31 Å². The monoisotopic (exact) mass is 258 g/mol. The number of hydrogen-bond donors (Lipinski definition) is 0. The third-order valence-electron chi connectivity index (χ3n) is 4.03. The SMILES string of the molecule is CCc1cnc(C#N)cc1B1OC(C)(C)C(C)(C)O1. The van der Waals surface area contributed by atoms with Crippen LogP contribution < -0.4 is 5.46 Å². The Hall–Kier alpha value is -1.38. The predicted molar refractivity (Wildman–Crippen MR) is 74.0 cm³/mol. The van der Waals surface area contributed by atoms with Gasteiger partial charge in [-0.2, -0.15) is 5.26 Å². The zero-order valence-corrected chi connectivity index (χ0v) is 12.2. The van der Waals surface area contributed by atoms with Gasteiger partial charge < -0.3 is 9.31 Å². The Morgan fingerprint density at radius 3 is 2.32 bits per heavy atom. The van der Waals surface area contributed by atoms with Crippen molar-refractivity contribution in [2.45, 2.75) is 52.2 Å². The molecule has 0 atom stereocenters. The van der Waals surface area contributed by atoms with Crippen molar-refractivity contribution in [2.75, 3.05) is 0 Å². The van der Waals surface area contributed by atoms with E-state index < -0.39 is 7.12 Å². The summed E-state index contributed by atoms with van der Waals surface area (Å²) >= 11 is 0. The van der Waals surface area contributed by atoms with Crippen LogP contribution >= 0.6 is 0 Å². The van der Waals surface area contributed by atoms with Crippen molar-refractivity contribution >= 4 is 12.6 Å². The maximum atomic E-state index is 8.98. The zero-order chi connectivity index (χ0) is 14.3. The van der Waals surface area contributed by atoms with Gasteiger partial charge in [-0.3, -0.25) is 0 Å². The molecule has 1 aliphatic rings. The summed E-state index contributed by atoms with van der Waals surface area (Å²) in [7, 11) is -0.435. The maximum absolute atomic E-state index is 8.98. The molecule has 5 heteroatoms. The van der Waals surface area contributed by atoms with Gasteiger partial charge in [0.05, 0.1) is 11.2 Å². The molecule has 1 aromatic rings. The average molecular weight is 258 g/mol. The molecule has 0 saturated carbocycles. The molecule has 1 aromatic heterocycles. The van der Waals surface area contributed by atoms with Crippen LogP contribution in [0.2, 0.25) is 0 Å². The lowest BCUT2D eigenvalue weighted by molar-refractivity contribution is 0.00578. The van der Waals surface area contributed by atoms with Gasteiger partial charge in [-0.15, -0.1) is 0 Å². The largest absolute Gasteiger partial charge is 0.495 e. The van der Waals surface area contributed by atoms with Gasteiger partial charge >= 0.3 is 7.12 Å². The number of pyridine rings is 1. The first-order chi connectivity index (χ1) is 8.80. The van der Waals surface area contributed by atoms with Crippen molar-refractivity contribution in [1.29, 1.82) is 5.26 Å². The van der Waals surface area contributed by atoms with Crippen LogP contribution in [0.25, 0.3) is 0 Å². The average Bonchev–Trinajstić information content (AvgIpc) is 2.57. The van der Waals surface area contributed by atoms with Crippen LogP contribution in [-0.4, -0.2) is 23.3 Å². The standard InChI is InChI=1S/C14H19BN2O2/c1-6-10-9-17-11(8-16)7-12(10)15-18-13(2,3)14(4,5)19-15/h7,9H,6H2,1-5H3. The molecule has 0 aromatic carbocycles. The van der Waals surface area contributed by atoms with Crippen molar-refractivity contribution in [2.24, 2.45) is 0 Å². The van der Waals surface area contributed by atoms with Crippen LogP contribution in [-0.2, 0) is 15.7 Å². The van der Waals surface area contributed by atoms with Crippen LogP contribution in [0.5, 0.6) is 0 Å². The first-order valence-corrected chi connectivity index (χ1v) is 6.55. The molecule has 100 valence electrons. The minimum atomic E-state index is -0.435. The summed E-state index contributed by atoms with van der Waals surface area (Å²) in [6, 6.07) is 3.83. The summed E-state index contributed by atoms with van der Waals surface area (Å²) in [6.45, 7) is 10.1. The third kappa shape index (κ3) is 2.38. The number of nitrogens with zero attached hydrogens (tertiary/aromatic N) is 2. The summed E-state index contributed by atoms with van der Waals surface area (Å²) < 4.78 is 12.1. The van der Waals surface area contributed by atoms with E-state index in [0.717, 1.165) is 17.4 Å². The molecule has 0 N–H and O–H groups in total. The summed E-state index contributed by atoms with van der Waals surface area (Å²) in [5.74, 6) is 0. The fraction of sp³-hybridized carbons (Fsp3) is 0.571. The summed E-state index contributed by atoms with van der Waals surface area (Å²) in [5, 5.41) is 8.98. The first-order valence-electron chi connectivity index (χ1n) is 6.55. The molecule has 0 radical (unpaired) electrons. The summed E-state index contributed by atoms with van der Waals surface area (Å²) in [5.41, 5.74) is 1.60. The highest BCUT2D eigenvalue weighted by molar-refractivity contribution is 6.62. The van der Waals surface area contributed by atoms with Gasteiger partial charge in [0.15, 0.2) is 0 Å². The maximum Gasteiger partial charge on any atom is 0.495 e. The van der Waals surface area contributed by atoms with Crippen molar-refractivity contribution in [3.8, 4) is 6.07 Å². The highest BCUT2D eigenvalue weighted by Crippen LogP contribution is 2.36. The van der Waals surface area contributed by atoms with E-state index in [1.54, 1.807) is 12.3 Å². The topological polar surface area (TPSA) is 55.1 Å². The van der Waals surface area contributed by atoms with Crippen molar-refractivity contribution in [3.63, 3.8) is 0 Å². The van der Waals surface area contributed by atoms with Gasteiger partial charge in [-0.1, -0.05) is 6.92 Å². The van der Waals surface area contributed by atoms with E-state index in [4.69, 9.17) is 14.6 Å². The summed E-state index contributed by atoms with van der Waals surface area (Å²) in [4.78, 5) is 4.10. The minimum absolute atomic E-state index is 0.376. The highest BCUT2D eigenvalue weighted by Gasteiger charge is 2.52. The molecule has 0 unspecified atom stereocenters. The normalized spacial score (nSPS) is 20.3. The molecule has 0 bridgehead atoms. The fourth-order valence-corrected chi connectivity index (χ4v) is 2.05. The van der Waals surface area contributed by atoms with E-state index in [1.807, 2.05) is 27.7 Å². The molecular weight excluding hydrogens is 239 g/mol. The molecule has 1 saturated heterocycles. The molecular formula is C14H19BN2O2. The number of aryl methyl sites for hydroxylation is 1. The second-order valence-electron chi connectivity index (χ2n) is 5.82. The Morgan fingerprint density at radius 2 is 1.84 bits per heavy atom. The molecule has 4 nitrogen and oxygen atoms in total. The van der Waals surface area contributed by atoms with E-state index in [-0.39, 0.29) is 11.2 Å². The lowest BCUT2D eigenvalue weighted by Crippen LogP contribution is -2.41. The number of aromatic nitrogens is 1. The number of rotatable bonds is 2. The van der Waals surface area contributed by atoms with Gasteiger partial charge in [-0.05, 0) is 51.2 Å². The minimum Gasteiger partial charge on any atom is -0.399 e. The molecule has 0 spiro atoms. The first kappa shape index (κ1) is 14.0. The van der Waals surface area contributed by atoms with Gasteiger partial charge in [0.2, 0.25) is 0 Å². The zero-order valence-electron chi connectivity index (χ0n) is 12.2. The molecule has 19 heavy (non-hydrogen) atoms. The van der Waals surface area contributed by atoms with Crippen LogP contribution in [0.15, 0.2) is 12.3 Å². The smallest absolute Gasteiger partial charge is 0.399 e. The fourth-order valence-electron chi connectivity index (χ4n) is 2.05. The highest BCUT2D eigenvalue weighted by atomic mass is 16.7. The molecule has 0 amide bonds. The van der Waals surface area contributed by atoms with Crippen molar-refractivity contribution in [3.05, 3.63) is 23.5 Å². The summed E-state index contributed by atoms with van der Waals surface area (Å²) in [6.07, 6.45) is 2.57. The van der Waals surface area contributed by atoms with Crippen molar-refractivity contribution in [1.82, 2.24) is 4.98 Å². The molecule has 2 heterocycles. The Kier molecular flexibility index (Phi) is 3.42. The van der Waals surface area contributed by atoms with E-state index in [1.165, 1.54) is 0 Å². The Balaban J connectivity index is 2.41. The van der Waals surface area contributed by atoms with Crippen LogP contribution in [0.1, 0.15) is 45.9 Å². The lowest BCUT2D eigenvalue weighted by atomic mass is 9.75. The van der Waals surface area contributed by atoms with Crippen LogP contribution in [0, 0.1) is 11.3 Å². The Labute approximate surface area is 114 Å².